The maximum absolute atomic E-state index is 5.20. The second-order valence-corrected chi connectivity index (χ2v) is 5.92. The highest BCUT2D eigenvalue weighted by Crippen LogP contribution is 2.39. The number of fused-ring (bicyclic) bond motifs is 1. The Morgan fingerprint density at radius 2 is 1.83 bits per heavy atom. The highest BCUT2D eigenvalue weighted by molar-refractivity contribution is 5.89. The van der Waals surface area contributed by atoms with Crippen molar-refractivity contribution in [2.75, 3.05) is 12.4 Å². The fourth-order valence-electron chi connectivity index (χ4n) is 2.68. The number of benzene rings is 2. The fourth-order valence-corrected chi connectivity index (χ4v) is 2.68. The molecule has 2 aromatic carbocycles. The Kier molecular flexibility index (Phi) is 3.58. The molecular weight excluding hydrogens is 286 g/mol. The summed E-state index contributed by atoms with van der Waals surface area (Å²) in [5.74, 6) is 3.31. The zero-order chi connectivity index (χ0) is 15.6. The lowest BCUT2D eigenvalue weighted by Gasteiger charge is -2.11. The molecule has 0 saturated heterocycles. The summed E-state index contributed by atoms with van der Waals surface area (Å²) in [5.41, 5.74) is 2.21. The van der Waals surface area contributed by atoms with E-state index in [0.717, 1.165) is 34.8 Å². The van der Waals surface area contributed by atoms with Crippen LogP contribution >= 0.6 is 0 Å². The molecule has 4 nitrogen and oxygen atoms in total. The Bertz CT molecular complexity index is 826. The molecule has 1 aromatic heterocycles. The molecule has 0 spiro atoms. The summed E-state index contributed by atoms with van der Waals surface area (Å²) in [6, 6.07) is 16.3. The van der Waals surface area contributed by atoms with Gasteiger partial charge in [-0.15, -0.1) is 0 Å². The molecule has 0 radical (unpaired) electrons. The van der Waals surface area contributed by atoms with E-state index in [-0.39, 0.29) is 0 Å². The molecule has 0 unspecified atom stereocenters. The number of para-hydroxylation sites is 1. The van der Waals surface area contributed by atoms with Gasteiger partial charge in [-0.1, -0.05) is 24.3 Å². The number of anilines is 1. The third-order valence-electron chi connectivity index (χ3n) is 4.18. The average molecular weight is 305 g/mol. The number of nitrogens with zero attached hydrogens (tertiary/aromatic N) is 2. The molecule has 0 aliphatic heterocycles. The van der Waals surface area contributed by atoms with E-state index in [2.05, 4.69) is 29.6 Å². The van der Waals surface area contributed by atoms with Crippen molar-refractivity contribution < 1.29 is 4.74 Å². The molecule has 1 aliphatic carbocycles. The van der Waals surface area contributed by atoms with Gasteiger partial charge in [-0.05, 0) is 42.7 Å². The van der Waals surface area contributed by atoms with Gasteiger partial charge in [0.2, 0.25) is 0 Å². The van der Waals surface area contributed by atoms with E-state index in [4.69, 9.17) is 14.7 Å². The maximum Gasteiger partial charge on any atom is 0.137 e. The van der Waals surface area contributed by atoms with Crippen LogP contribution in [0, 0.1) is 0 Å². The van der Waals surface area contributed by atoms with Gasteiger partial charge in [0.05, 0.1) is 12.6 Å². The molecule has 4 heteroatoms. The molecule has 1 heterocycles. The van der Waals surface area contributed by atoms with Crippen LogP contribution < -0.4 is 10.1 Å². The number of aromatic nitrogens is 2. The Labute approximate surface area is 135 Å². The van der Waals surface area contributed by atoms with Gasteiger partial charge in [-0.25, -0.2) is 9.97 Å². The standard InChI is InChI=1S/C19H19N3O/c1-23-15-10-6-13(7-11-15)12-20-19-16-4-2-3-5-17(16)21-18(22-19)14-8-9-14/h2-7,10-11,14H,8-9,12H2,1H3,(H,20,21,22). The first-order valence-electron chi connectivity index (χ1n) is 7.97. The summed E-state index contributed by atoms with van der Waals surface area (Å²) < 4.78 is 5.20. The monoisotopic (exact) mass is 305 g/mol. The highest BCUT2D eigenvalue weighted by Gasteiger charge is 2.27. The van der Waals surface area contributed by atoms with E-state index in [1.165, 1.54) is 18.4 Å². The smallest absolute Gasteiger partial charge is 0.137 e. The summed E-state index contributed by atoms with van der Waals surface area (Å²) in [6.07, 6.45) is 2.41. The second kappa shape index (κ2) is 5.88. The van der Waals surface area contributed by atoms with Crippen LogP contribution in [0.3, 0.4) is 0 Å². The molecule has 3 aromatic rings. The molecule has 23 heavy (non-hydrogen) atoms. The van der Waals surface area contributed by atoms with Gasteiger partial charge >= 0.3 is 0 Å². The van der Waals surface area contributed by atoms with Crippen molar-refractivity contribution in [3.8, 4) is 5.75 Å². The second-order valence-electron chi connectivity index (χ2n) is 5.92. The summed E-state index contributed by atoms with van der Waals surface area (Å²) in [4.78, 5) is 9.47. The van der Waals surface area contributed by atoms with Crippen molar-refractivity contribution in [2.24, 2.45) is 0 Å². The molecule has 1 fully saturated rings. The Morgan fingerprint density at radius 3 is 2.57 bits per heavy atom. The Balaban J connectivity index is 1.61. The molecule has 116 valence electrons. The van der Waals surface area contributed by atoms with Gasteiger partial charge in [-0.2, -0.15) is 0 Å². The first kappa shape index (κ1) is 14.0. The number of methoxy groups -OCH3 is 1. The van der Waals surface area contributed by atoms with Crippen LogP contribution in [-0.2, 0) is 6.54 Å². The van der Waals surface area contributed by atoms with E-state index in [1.807, 2.05) is 24.3 Å². The van der Waals surface area contributed by atoms with Gasteiger partial charge in [-0.3, -0.25) is 0 Å². The highest BCUT2D eigenvalue weighted by atomic mass is 16.5. The van der Waals surface area contributed by atoms with Crippen LogP contribution in [0.25, 0.3) is 10.9 Å². The lowest BCUT2D eigenvalue weighted by molar-refractivity contribution is 0.414. The Hall–Kier alpha value is -2.62. The Morgan fingerprint density at radius 1 is 1.04 bits per heavy atom. The van der Waals surface area contributed by atoms with E-state index in [1.54, 1.807) is 7.11 Å². The minimum absolute atomic E-state index is 0.543. The normalized spacial score (nSPS) is 14.0. The lowest BCUT2D eigenvalue weighted by Crippen LogP contribution is -2.05. The number of rotatable bonds is 5. The number of nitrogens with one attached hydrogen (secondary N) is 1. The zero-order valence-corrected chi connectivity index (χ0v) is 13.1. The van der Waals surface area contributed by atoms with Gasteiger partial charge in [0.15, 0.2) is 0 Å². The van der Waals surface area contributed by atoms with Crippen molar-refractivity contribution in [1.82, 2.24) is 9.97 Å². The van der Waals surface area contributed by atoms with Gasteiger partial charge in [0.1, 0.15) is 17.4 Å². The fraction of sp³-hybridized carbons (Fsp3) is 0.263. The van der Waals surface area contributed by atoms with Gasteiger partial charge < -0.3 is 10.1 Å². The first-order chi connectivity index (χ1) is 11.3. The third-order valence-corrected chi connectivity index (χ3v) is 4.18. The van der Waals surface area contributed by atoms with Crippen molar-refractivity contribution in [2.45, 2.75) is 25.3 Å². The van der Waals surface area contributed by atoms with Crippen LogP contribution in [0.4, 0.5) is 5.82 Å². The van der Waals surface area contributed by atoms with Crippen LogP contribution in [0.15, 0.2) is 48.5 Å². The van der Waals surface area contributed by atoms with Crippen molar-refractivity contribution in [1.29, 1.82) is 0 Å². The average Bonchev–Trinajstić information content (AvgIpc) is 3.45. The lowest BCUT2D eigenvalue weighted by atomic mass is 10.2. The maximum atomic E-state index is 5.20. The molecule has 0 amide bonds. The van der Waals surface area contributed by atoms with Crippen molar-refractivity contribution >= 4 is 16.7 Å². The predicted molar refractivity (Wildman–Crippen MR) is 91.8 cm³/mol. The van der Waals surface area contributed by atoms with Crippen molar-refractivity contribution in [3.63, 3.8) is 0 Å². The first-order valence-corrected chi connectivity index (χ1v) is 7.97. The minimum atomic E-state index is 0.543. The van der Waals surface area contributed by atoms with Crippen LogP contribution in [0.1, 0.15) is 30.1 Å². The van der Waals surface area contributed by atoms with E-state index in [9.17, 15) is 0 Å². The zero-order valence-electron chi connectivity index (χ0n) is 13.1. The SMILES string of the molecule is COc1ccc(CNc2nc(C3CC3)nc3ccccc23)cc1. The number of ether oxygens (including phenoxy) is 1. The van der Waals surface area contributed by atoms with Gasteiger partial charge in [0, 0.05) is 17.8 Å². The van der Waals surface area contributed by atoms with E-state index < -0.39 is 0 Å². The van der Waals surface area contributed by atoms with Crippen LogP contribution in [-0.4, -0.2) is 17.1 Å². The molecule has 4 rings (SSSR count). The number of hydrogen-bond acceptors (Lipinski definition) is 4. The van der Waals surface area contributed by atoms with Gasteiger partial charge in [0.25, 0.3) is 0 Å². The summed E-state index contributed by atoms with van der Waals surface area (Å²) in [5, 5.41) is 4.55. The topological polar surface area (TPSA) is 47.0 Å². The van der Waals surface area contributed by atoms with E-state index >= 15 is 0 Å². The summed E-state index contributed by atoms with van der Waals surface area (Å²) in [7, 11) is 1.68. The van der Waals surface area contributed by atoms with E-state index in [0.29, 0.717) is 5.92 Å². The molecule has 1 N–H and O–H groups in total. The third kappa shape index (κ3) is 2.97. The predicted octanol–water partition coefficient (Wildman–Crippen LogP) is 4.13. The summed E-state index contributed by atoms with van der Waals surface area (Å²) in [6.45, 7) is 0.731. The number of hydrogen-bond donors (Lipinski definition) is 1. The molecule has 1 saturated carbocycles. The molecular formula is C19H19N3O. The molecule has 0 atom stereocenters. The quantitative estimate of drug-likeness (QED) is 0.770. The van der Waals surface area contributed by atoms with Crippen LogP contribution in [0.2, 0.25) is 0 Å². The van der Waals surface area contributed by atoms with Crippen LogP contribution in [0.5, 0.6) is 5.75 Å². The minimum Gasteiger partial charge on any atom is -0.497 e. The largest absolute Gasteiger partial charge is 0.497 e. The molecule has 0 bridgehead atoms. The van der Waals surface area contributed by atoms with Crippen molar-refractivity contribution in [3.05, 3.63) is 59.9 Å². The summed E-state index contributed by atoms with van der Waals surface area (Å²) >= 11 is 0. The molecule has 1 aliphatic rings.